The first kappa shape index (κ1) is 25.2. The molecule has 9 nitrogen and oxygen atoms in total. The van der Waals surface area contributed by atoms with Crippen LogP contribution in [0.15, 0.2) is 36.9 Å². The van der Waals surface area contributed by atoms with E-state index in [2.05, 4.69) is 25.3 Å². The first-order valence-electron chi connectivity index (χ1n) is 12.4. The monoisotopic (exact) mass is 485 g/mol. The SMILES string of the molecule is C=CCN(C(=O)C1N([C@H](C)CO)C(=O)[C@@H]2[C@H](C(=O)O)[C@@H]3CCC12O3)c1ccc(N(CC)CC)cc1. The van der Waals surface area contributed by atoms with Gasteiger partial charge in [0.25, 0.3) is 5.91 Å². The van der Waals surface area contributed by atoms with E-state index in [4.69, 9.17) is 4.74 Å². The summed E-state index contributed by atoms with van der Waals surface area (Å²) in [5.74, 6) is -3.83. The summed E-state index contributed by atoms with van der Waals surface area (Å²) in [7, 11) is 0. The van der Waals surface area contributed by atoms with Crippen LogP contribution in [0.3, 0.4) is 0 Å². The number of carbonyl (C=O) groups is 3. The molecule has 190 valence electrons. The van der Waals surface area contributed by atoms with Gasteiger partial charge in [0.2, 0.25) is 5.91 Å². The van der Waals surface area contributed by atoms with Crippen molar-refractivity contribution in [2.75, 3.05) is 36.0 Å². The lowest BCUT2D eigenvalue weighted by Crippen LogP contribution is -2.58. The molecule has 3 saturated heterocycles. The summed E-state index contributed by atoms with van der Waals surface area (Å²) in [4.78, 5) is 45.0. The summed E-state index contributed by atoms with van der Waals surface area (Å²) in [6.45, 7) is 11.2. The van der Waals surface area contributed by atoms with Crippen LogP contribution in [0.2, 0.25) is 0 Å². The van der Waals surface area contributed by atoms with Crippen molar-refractivity contribution in [3.05, 3.63) is 36.9 Å². The van der Waals surface area contributed by atoms with Crippen molar-refractivity contribution in [3.8, 4) is 0 Å². The normalized spacial score (nSPS) is 29.7. The van der Waals surface area contributed by atoms with Gasteiger partial charge in [0, 0.05) is 31.0 Å². The fourth-order valence-corrected chi connectivity index (χ4v) is 6.25. The molecule has 1 aromatic carbocycles. The van der Waals surface area contributed by atoms with Gasteiger partial charge in [-0.15, -0.1) is 6.58 Å². The maximum absolute atomic E-state index is 14.2. The van der Waals surface area contributed by atoms with Gasteiger partial charge in [0.15, 0.2) is 0 Å². The molecule has 0 saturated carbocycles. The number of aliphatic carboxylic acids is 1. The molecule has 35 heavy (non-hydrogen) atoms. The number of rotatable bonds is 10. The zero-order valence-corrected chi connectivity index (χ0v) is 20.6. The smallest absolute Gasteiger partial charge is 0.310 e. The Bertz CT molecular complexity index is 993. The van der Waals surface area contributed by atoms with E-state index in [1.807, 2.05) is 24.3 Å². The minimum absolute atomic E-state index is 0.210. The Hall–Kier alpha value is -2.91. The number of aliphatic hydroxyl groups is 1. The standard InChI is InChI=1S/C26H35N3O6/c1-5-14-28(18-10-8-17(9-11-18)27(6-2)7-3)24(32)22-26-13-12-19(35-26)20(25(33)34)21(26)23(31)29(22)16(4)15-30/h5,8-11,16,19-22,30H,1,6-7,12-15H2,2-4H3,(H,33,34)/t16-,19+,20-,21+,22?,26?/m1/s1. The third-order valence-electron chi connectivity index (χ3n) is 7.86. The quantitative estimate of drug-likeness (QED) is 0.487. The first-order chi connectivity index (χ1) is 16.7. The molecule has 1 spiro atoms. The molecule has 3 heterocycles. The van der Waals surface area contributed by atoms with E-state index < -0.39 is 47.5 Å². The zero-order chi connectivity index (χ0) is 25.5. The number of carboxylic acids is 1. The molecule has 9 heteroatoms. The summed E-state index contributed by atoms with van der Waals surface area (Å²) < 4.78 is 6.23. The lowest BCUT2D eigenvalue weighted by molar-refractivity contribution is -0.150. The average Bonchev–Trinajstić information content (AvgIpc) is 3.50. The summed E-state index contributed by atoms with van der Waals surface area (Å²) in [6.07, 6.45) is 1.93. The number of anilines is 2. The molecule has 0 aromatic heterocycles. The van der Waals surface area contributed by atoms with E-state index in [0.717, 1.165) is 18.8 Å². The van der Waals surface area contributed by atoms with Crippen molar-refractivity contribution in [1.82, 2.24) is 4.90 Å². The van der Waals surface area contributed by atoms with Crippen LogP contribution in [-0.2, 0) is 19.1 Å². The van der Waals surface area contributed by atoms with Gasteiger partial charge in [0.05, 0.1) is 30.6 Å². The van der Waals surface area contributed by atoms with Crippen molar-refractivity contribution in [1.29, 1.82) is 0 Å². The molecule has 4 rings (SSSR count). The highest BCUT2D eigenvalue weighted by Gasteiger charge is 2.75. The largest absolute Gasteiger partial charge is 0.481 e. The molecule has 0 aliphatic carbocycles. The van der Waals surface area contributed by atoms with Crippen molar-refractivity contribution >= 4 is 29.2 Å². The second kappa shape index (κ2) is 9.62. The summed E-state index contributed by atoms with van der Waals surface area (Å²) in [5.41, 5.74) is 0.473. The van der Waals surface area contributed by atoms with Crippen LogP contribution < -0.4 is 9.80 Å². The first-order valence-corrected chi connectivity index (χ1v) is 12.4. The topological polar surface area (TPSA) is 111 Å². The van der Waals surface area contributed by atoms with Gasteiger partial charge in [-0.3, -0.25) is 14.4 Å². The Morgan fingerprint density at radius 1 is 1.26 bits per heavy atom. The Morgan fingerprint density at radius 3 is 2.43 bits per heavy atom. The highest BCUT2D eigenvalue weighted by atomic mass is 16.5. The van der Waals surface area contributed by atoms with Gasteiger partial charge >= 0.3 is 5.97 Å². The van der Waals surface area contributed by atoms with Gasteiger partial charge in [-0.05, 0) is 57.9 Å². The van der Waals surface area contributed by atoms with Crippen LogP contribution in [0.1, 0.15) is 33.6 Å². The average molecular weight is 486 g/mol. The third-order valence-corrected chi connectivity index (χ3v) is 7.86. The van der Waals surface area contributed by atoms with Crippen molar-refractivity contribution in [2.45, 2.75) is 57.4 Å². The maximum atomic E-state index is 14.2. The highest BCUT2D eigenvalue weighted by Crippen LogP contribution is 2.59. The predicted octanol–water partition coefficient (Wildman–Crippen LogP) is 1.89. The van der Waals surface area contributed by atoms with E-state index in [-0.39, 0.29) is 19.1 Å². The molecule has 3 aliphatic rings. The summed E-state index contributed by atoms with van der Waals surface area (Å²) in [5, 5.41) is 19.8. The third kappa shape index (κ3) is 3.81. The summed E-state index contributed by atoms with van der Waals surface area (Å²) >= 11 is 0. The molecule has 1 aromatic rings. The number of fused-ring (bicyclic) bond motifs is 1. The Kier molecular flexibility index (Phi) is 6.92. The van der Waals surface area contributed by atoms with Crippen LogP contribution >= 0.6 is 0 Å². The maximum Gasteiger partial charge on any atom is 0.310 e. The number of carboxylic acid groups (broad SMARTS) is 1. The van der Waals surface area contributed by atoms with E-state index in [1.165, 1.54) is 4.90 Å². The van der Waals surface area contributed by atoms with E-state index >= 15 is 0 Å². The van der Waals surface area contributed by atoms with Crippen molar-refractivity contribution in [3.63, 3.8) is 0 Å². The molecular weight excluding hydrogens is 450 g/mol. The molecule has 2 bridgehead atoms. The molecule has 3 fully saturated rings. The lowest BCUT2D eigenvalue weighted by atomic mass is 9.70. The van der Waals surface area contributed by atoms with Gasteiger partial charge in [-0.1, -0.05) is 6.08 Å². The number of hydrogen-bond acceptors (Lipinski definition) is 6. The molecule has 0 radical (unpaired) electrons. The van der Waals surface area contributed by atoms with E-state index in [0.29, 0.717) is 18.5 Å². The van der Waals surface area contributed by atoms with Crippen molar-refractivity contribution in [2.24, 2.45) is 11.8 Å². The summed E-state index contributed by atoms with van der Waals surface area (Å²) in [6, 6.07) is 5.96. The number of likely N-dealkylation sites (tertiary alicyclic amines) is 1. The number of hydrogen-bond donors (Lipinski definition) is 2. The number of carbonyl (C=O) groups excluding carboxylic acids is 2. The van der Waals surface area contributed by atoms with Gasteiger partial charge < -0.3 is 29.6 Å². The number of aliphatic hydroxyl groups excluding tert-OH is 1. The minimum atomic E-state index is -1.22. The number of amides is 2. The van der Waals surface area contributed by atoms with Crippen LogP contribution in [0, 0.1) is 11.8 Å². The molecule has 3 aliphatic heterocycles. The second-order valence-electron chi connectivity index (χ2n) is 9.60. The predicted molar refractivity (Wildman–Crippen MR) is 131 cm³/mol. The Morgan fingerprint density at radius 2 is 1.89 bits per heavy atom. The second-order valence-corrected chi connectivity index (χ2v) is 9.60. The number of benzene rings is 1. The van der Waals surface area contributed by atoms with Crippen LogP contribution in [0.4, 0.5) is 11.4 Å². The van der Waals surface area contributed by atoms with Crippen molar-refractivity contribution < 1.29 is 29.3 Å². The lowest BCUT2D eigenvalue weighted by Gasteiger charge is -2.38. The fraction of sp³-hybridized carbons (Fsp3) is 0.577. The highest BCUT2D eigenvalue weighted by molar-refractivity contribution is 6.04. The van der Waals surface area contributed by atoms with Gasteiger partial charge in [-0.2, -0.15) is 0 Å². The van der Waals surface area contributed by atoms with Crippen LogP contribution in [0.5, 0.6) is 0 Å². The van der Waals surface area contributed by atoms with Gasteiger partial charge in [-0.25, -0.2) is 0 Å². The number of ether oxygens (including phenoxy) is 1. The van der Waals surface area contributed by atoms with E-state index in [9.17, 15) is 24.6 Å². The Balaban J connectivity index is 1.75. The van der Waals surface area contributed by atoms with Gasteiger partial charge in [0.1, 0.15) is 11.6 Å². The molecular formula is C26H35N3O6. The fourth-order valence-electron chi connectivity index (χ4n) is 6.25. The number of nitrogens with zero attached hydrogens (tertiary/aromatic N) is 3. The van der Waals surface area contributed by atoms with Crippen LogP contribution in [0.25, 0.3) is 0 Å². The van der Waals surface area contributed by atoms with Crippen LogP contribution in [-0.4, -0.2) is 82.9 Å². The molecule has 6 atom stereocenters. The van der Waals surface area contributed by atoms with E-state index in [1.54, 1.807) is 17.9 Å². The minimum Gasteiger partial charge on any atom is -0.481 e. The molecule has 2 N–H and O–H groups in total. The zero-order valence-electron chi connectivity index (χ0n) is 20.6. The molecule has 2 unspecified atom stereocenters. The Labute approximate surface area is 205 Å². The molecule has 2 amide bonds.